The first-order valence-corrected chi connectivity index (χ1v) is 6.56. The van der Waals surface area contributed by atoms with Gasteiger partial charge in [-0.1, -0.05) is 6.42 Å². The van der Waals surface area contributed by atoms with Crippen molar-refractivity contribution in [1.82, 2.24) is 10.2 Å². The van der Waals surface area contributed by atoms with Crippen molar-refractivity contribution in [1.29, 1.82) is 5.26 Å². The van der Waals surface area contributed by atoms with E-state index in [1.54, 1.807) is 6.92 Å². The molecule has 1 heterocycles. The third-order valence-electron chi connectivity index (χ3n) is 3.45. The number of hydrogen-bond donors (Lipinski definition) is 1. The standard InChI is InChI=1S/C13H23N3O/c1-11(10-14)13(17)15-7-5-9-16-8-4-3-6-12(16)2/h11-12H,3-9H2,1-2H3,(H,15,17). The second-order valence-corrected chi connectivity index (χ2v) is 4.88. The molecule has 1 N–H and O–H groups in total. The maximum atomic E-state index is 11.3. The molecule has 0 aromatic carbocycles. The molecule has 4 nitrogen and oxygen atoms in total. The molecule has 0 aliphatic carbocycles. The number of carbonyl (C=O) groups is 1. The monoisotopic (exact) mass is 237 g/mol. The summed E-state index contributed by atoms with van der Waals surface area (Å²) < 4.78 is 0. The molecule has 1 aliphatic heterocycles. The molecule has 0 saturated carbocycles. The number of amides is 1. The first-order chi connectivity index (χ1) is 8.15. The predicted octanol–water partition coefficient (Wildman–Crippen LogP) is 1.53. The Kier molecular flexibility index (Phi) is 5.99. The van der Waals surface area contributed by atoms with Crippen LogP contribution in [0.4, 0.5) is 0 Å². The quantitative estimate of drug-likeness (QED) is 0.738. The molecule has 17 heavy (non-hydrogen) atoms. The van der Waals surface area contributed by atoms with Gasteiger partial charge in [0, 0.05) is 19.1 Å². The second kappa shape index (κ2) is 7.29. The molecule has 2 atom stereocenters. The molecule has 1 fully saturated rings. The molecule has 4 heteroatoms. The van der Waals surface area contributed by atoms with Crippen LogP contribution in [0.2, 0.25) is 0 Å². The number of likely N-dealkylation sites (tertiary alicyclic amines) is 1. The van der Waals surface area contributed by atoms with E-state index in [1.807, 2.05) is 6.07 Å². The predicted molar refractivity (Wildman–Crippen MR) is 67.3 cm³/mol. The number of rotatable bonds is 5. The lowest BCUT2D eigenvalue weighted by Gasteiger charge is -2.33. The van der Waals surface area contributed by atoms with E-state index in [-0.39, 0.29) is 5.91 Å². The number of nitrogens with zero attached hydrogens (tertiary/aromatic N) is 2. The lowest BCUT2D eigenvalue weighted by atomic mass is 10.0. The summed E-state index contributed by atoms with van der Waals surface area (Å²) in [6.07, 6.45) is 4.89. The van der Waals surface area contributed by atoms with E-state index < -0.39 is 5.92 Å². The summed E-state index contributed by atoms with van der Waals surface area (Å²) in [6.45, 7) is 6.80. The normalized spacial score (nSPS) is 22.8. The van der Waals surface area contributed by atoms with Crippen molar-refractivity contribution < 1.29 is 4.79 Å². The molecule has 1 amide bonds. The zero-order valence-electron chi connectivity index (χ0n) is 10.9. The molecule has 96 valence electrons. The fourth-order valence-corrected chi connectivity index (χ4v) is 2.20. The highest BCUT2D eigenvalue weighted by molar-refractivity contribution is 5.80. The first-order valence-electron chi connectivity index (χ1n) is 6.56. The van der Waals surface area contributed by atoms with Gasteiger partial charge in [0.1, 0.15) is 5.92 Å². The van der Waals surface area contributed by atoms with Crippen LogP contribution < -0.4 is 5.32 Å². The van der Waals surface area contributed by atoms with E-state index >= 15 is 0 Å². The van der Waals surface area contributed by atoms with Gasteiger partial charge >= 0.3 is 0 Å². The van der Waals surface area contributed by atoms with Crippen molar-refractivity contribution in [2.75, 3.05) is 19.6 Å². The largest absolute Gasteiger partial charge is 0.355 e. The zero-order valence-corrected chi connectivity index (χ0v) is 10.9. The van der Waals surface area contributed by atoms with Crippen molar-refractivity contribution in [3.05, 3.63) is 0 Å². The third-order valence-corrected chi connectivity index (χ3v) is 3.45. The van der Waals surface area contributed by atoms with Crippen LogP contribution in [0.3, 0.4) is 0 Å². The van der Waals surface area contributed by atoms with Gasteiger partial charge in [-0.05, 0) is 39.7 Å². The Morgan fingerprint density at radius 2 is 2.35 bits per heavy atom. The lowest BCUT2D eigenvalue weighted by Crippen LogP contribution is -2.39. The summed E-state index contributed by atoms with van der Waals surface area (Å²) in [4.78, 5) is 13.8. The van der Waals surface area contributed by atoms with Gasteiger partial charge in [-0.2, -0.15) is 5.26 Å². The highest BCUT2D eigenvalue weighted by Gasteiger charge is 2.17. The van der Waals surface area contributed by atoms with Gasteiger partial charge in [-0.3, -0.25) is 4.79 Å². The number of piperidine rings is 1. The minimum absolute atomic E-state index is 0.154. The fraction of sp³-hybridized carbons (Fsp3) is 0.846. The van der Waals surface area contributed by atoms with Crippen LogP contribution in [0.5, 0.6) is 0 Å². The molecule has 0 spiro atoms. The molecular formula is C13H23N3O. The van der Waals surface area contributed by atoms with Gasteiger partial charge in [0.2, 0.25) is 5.91 Å². The van der Waals surface area contributed by atoms with Crippen LogP contribution in [-0.2, 0) is 4.79 Å². The van der Waals surface area contributed by atoms with Crippen LogP contribution in [-0.4, -0.2) is 36.5 Å². The second-order valence-electron chi connectivity index (χ2n) is 4.88. The highest BCUT2D eigenvalue weighted by Crippen LogP contribution is 2.15. The van der Waals surface area contributed by atoms with Crippen molar-refractivity contribution in [2.24, 2.45) is 5.92 Å². The van der Waals surface area contributed by atoms with Crippen molar-refractivity contribution in [3.63, 3.8) is 0 Å². The van der Waals surface area contributed by atoms with Crippen LogP contribution >= 0.6 is 0 Å². The van der Waals surface area contributed by atoms with Crippen molar-refractivity contribution >= 4 is 5.91 Å². The number of carbonyl (C=O) groups excluding carboxylic acids is 1. The molecule has 0 aromatic heterocycles. The number of nitrogens with one attached hydrogen (secondary N) is 1. The molecule has 1 rings (SSSR count). The molecule has 0 aromatic rings. The Morgan fingerprint density at radius 1 is 1.59 bits per heavy atom. The van der Waals surface area contributed by atoms with Crippen LogP contribution in [0, 0.1) is 17.2 Å². The van der Waals surface area contributed by atoms with E-state index in [9.17, 15) is 4.79 Å². The average molecular weight is 237 g/mol. The Morgan fingerprint density at radius 3 is 3.00 bits per heavy atom. The summed E-state index contributed by atoms with van der Waals surface area (Å²) in [5.74, 6) is -0.692. The van der Waals surface area contributed by atoms with Gasteiger partial charge in [0.15, 0.2) is 0 Å². The molecule has 2 unspecified atom stereocenters. The van der Waals surface area contributed by atoms with E-state index in [1.165, 1.54) is 25.8 Å². The summed E-state index contributed by atoms with van der Waals surface area (Å²) in [7, 11) is 0. The third kappa shape index (κ3) is 4.74. The maximum Gasteiger partial charge on any atom is 0.237 e. The SMILES string of the molecule is CC(C#N)C(=O)NCCCN1CCCCC1C. The van der Waals surface area contributed by atoms with Gasteiger partial charge in [0.05, 0.1) is 6.07 Å². The van der Waals surface area contributed by atoms with Crippen molar-refractivity contribution in [2.45, 2.75) is 45.6 Å². The van der Waals surface area contributed by atoms with Gasteiger partial charge in [-0.25, -0.2) is 0 Å². The Balaban J connectivity index is 2.11. The molecular weight excluding hydrogens is 214 g/mol. The van der Waals surface area contributed by atoms with E-state index in [4.69, 9.17) is 5.26 Å². The Bertz CT molecular complexity index is 285. The van der Waals surface area contributed by atoms with Gasteiger partial charge < -0.3 is 10.2 Å². The summed E-state index contributed by atoms with van der Waals surface area (Å²) >= 11 is 0. The molecule has 1 aliphatic rings. The van der Waals surface area contributed by atoms with Crippen molar-refractivity contribution in [3.8, 4) is 6.07 Å². The molecule has 0 radical (unpaired) electrons. The Hall–Kier alpha value is -1.08. The topological polar surface area (TPSA) is 56.1 Å². The minimum Gasteiger partial charge on any atom is -0.355 e. The zero-order chi connectivity index (χ0) is 12.7. The number of nitriles is 1. The van der Waals surface area contributed by atoms with E-state index in [0.29, 0.717) is 12.6 Å². The fourth-order valence-electron chi connectivity index (χ4n) is 2.20. The Labute approximate surface area is 104 Å². The average Bonchev–Trinajstić information content (AvgIpc) is 2.35. The van der Waals surface area contributed by atoms with Crippen LogP contribution in [0.25, 0.3) is 0 Å². The van der Waals surface area contributed by atoms with E-state index in [2.05, 4.69) is 17.1 Å². The van der Waals surface area contributed by atoms with Crippen LogP contribution in [0.15, 0.2) is 0 Å². The lowest BCUT2D eigenvalue weighted by molar-refractivity contribution is -0.122. The highest BCUT2D eigenvalue weighted by atomic mass is 16.1. The first kappa shape index (κ1) is 14.0. The smallest absolute Gasteiger partial charge is 0.237 e. The minimum atomic E-state index is -0.538. The summed E-state index contributed by atoms with van der Waals surface area (Å²) in [6, 6.07) is 2.62. The van der Waals surface area contributed by atoms with Crippen LogP contribution in [0.1, 0.15) is 39.5 Å². The molecule has 1 saturated heterocycles. The summed E-state index contributed by atoms with van der Waals surface area (Å²) in [5, 5.41) is 11.4. The maximum absolute atomic E-state index is 11.3. The van der Waals surface area contributed by atoms with E-state index in [0.717, 1.165) is 13.0 Å². The summed E-state index contributed by atoms with van der Waals surface area (Å²) in [5.41, 5.74) is 0. The number of hydrogen-bond acceptors (Lipinski definition) is 3. The van der Waals surface area contributed by atoms with Gasteiger partial charge in [-0.15, -0.1) is 0 Å². The van der Waals surface area contributed by atoms with Gasteiger partial charge in [0.25, 0.3) is 0 Å². The molecule has 0 bridgehead atoms.